The molecule has 0 heterocycles. The Balaban J connectivity index is 2.87. The molecule has 1 aromatic carbocycles. The van der Waals surface area contributed by atoms with Crippen molar-refractivity contribution in [2.45, 2.75) is 48.0 Å². The molecule has 0 fully saturated rings. The Morgan fingerprint density at radius 1 is 1.18 bits per heavy atom. The van der Waals surface area contributed by atoms with Crippen molar-refractivity contribution in [2.75, 3.05) is 6.54 Å². The fourth-order valence-electron chi connectivity index (χ4n) is 2.47. The number of aliphatic imine (C=N–C) groups is 1. The fraction of sp³-hybridized carbons (Fsp3) is 0.579. The highest BCUT2D eigenvalue weighted by molar-refractivity contribution is 5.98. The second kappa shape index (κ2) is 7.08. The van der Waals surface area contributed by atoms with Crippen molar-refractivity contribution in [1.29, 1.82) is 0 Å². The minimum atomic E-state index is -0.913. The molecular formula is C19H29NO2. The average Bonchev–Trinajstić information content (AvgIpc) is 2.35. The molecule has 0 radical (unpaired) electrons. The highest BCUT2D eigenvalue weighted by Crippen LogP contribution is 2.36. The molecule has 1 atom stereocenters. The normalized spacial score (nSPS) is 14.3. The third-order valence-electron chi connectivity index (χ3n) is 3.83. The smallest absolute Gasteiger partial charge is 0.336 e. The van der Waals surface area contributed by atoms with E-state index in [1.165, 1.54) is 0 Å². The topological polar surface area (TPSA) is 49.7 Å². The van der Waals surface area contributed by atoms with E-state index < -0.39 is 5.97 Å². The van der Waals surface area contributed by atoms with E-state index in [0.29, 0.717) is 23.6 Å². The van der Waals surface area contributed by atoms with E-state index in [0.717, 1.165) is 6.42 Å². The summed E-state index contributed by atoms with van der Waals surface area (Å²) in [6.07, 6.45) is 2.79. The zero-order valence-corrected chi connectivity index (χ0v) is 14.7. The minimum Gasteiger partial charge on any atom is -0.478 e. The Bertz CT molecular complexity index is 533. The Hall–Kier alpha value is -1.64. The van der Waals surface area contributed by atoms with Gasteiger partial charge in [-0.25, -0.2) is 4.79 Å². The van der Waals surface area contributed by atoms with Gasteiger partial charge >= 0.3 is 5.97 Å². The average molecular weight is 303 g/mol. The predicted molar refractivity (Wildman–Crippen MR) is 92.9 cm³/mol. The van der Waals surface area contributed by atoms with Crippen molar-refractivity contribution in [3.63, 3.8) is 0 Å². The first-order valence-corrected chi connectivity index (χ1v) is 7.83. The molecular weight excluding hydrogens is 274 g/mol. The second-order valence-corrected chi connectivity index (χ2v) is 8.21. The van der Waals surface area contributed by atoms with E-state index in [9.17, 15) is 9.90 Å². The molecule has 0 aromatic heterocycles. The summed E-state index contributed by atoms with van der Waals surface area (Å²) in [6, 6.07) is 6.98. The molecule has 122 valence electrons. The van der Waals surface area contributed by atoms with Crippen LogP contribution in [0.4, 0.5) is 0 Å². The molecule has 0 spiro atoms. The van der Waals surface area contributed by atoms with Crippen LogP contribution in [0.25, 0.3) is 0 Å². The molecule has 0 aliphatic heterocycles. The maximum atomic E-state index is 11.2. The molecule has 1 rings (SSSR count). The Labute approximate surface area is 134 Å². The van der Waals surface area contributed by atoms with Crippen molar-refractivity contribution in [3.8, 4) is 0 Å². The standard InChI is InChI=1S/C19H29NO2/c1-18(2,3)11-15(19(4,5)6)13-20-12-14-9-7-8-10-16(14)17(21)22/h7-10,12,15H,11,13H2,1-6H3,(H,21,22). The number of carbonyl (C=O) groups is 1. The van der Waals surface area contributed by atoms with Crippen LogP contribution in [0.1, 0.15) is 63.9 Å². The molecule has 0 saturated carbocycles. The van der Waals surface area contributed by atoms with E-state index in [4.69, 9.17) is 0 Å². The number of aromatic carboxylic acids is 1. The molecule has 0 aliphatic carbocycles. The van der Waals surface area contributed by atoms with Crippen LogP contribution >= 0.6 is 0 Å². The maximum absolute atomic E-state index is 11.2. The summed E-state index contributed by atoms with van der Waals surface area (Å²) in [6.45, 7) is 14.2. The van der Waals surface area contributed by atoms with Crippen molar-refractivity contribution in [3.05, 3.63) is 35.4 Å². The minimum absolute atomic E-state index is 0.178. The number of benzene rings is 1. The summed E-state index contributed by atoms with van der Waals surface area (Å²) in [5.41, 5.74) is 1.40. The van der Waals surface area contributed by atoms with Gasteiger partial charge in [0.15, 0.2) is 0 Å². The molecule has 0 amide bonds. The Morgan fingerprint density at radius 2 is 1.77 bits per heavy atom. The van der Waals surface area contributed by atoms with Gasteiger partial charge in [0, 0.05) is 18.3 Å². The summed E-state index contributed by atoms with van der Waals surface area (Å²) >= 11 is 0. The Morgan fingerprint density at radius 3 is 2.27 bits per heavy atom. The number of hydrogen-bond acceptors (Lipinski definition) is 2. The van der Waals surface area contributed by atoms with Crippen molar-refractivity contribution < 1.29 is 9.90 Å². The number of nitrogens with zero attached hydrogens (tertiary/aromatic N) is 1. The molecule has 1 unspecified atom stereocenters. The van der Waals surface area contributed by atoms with Gasteiger partial charge in [0.05, 0.1) is 5.56 Å². The highest BCUT2D eigenvalue weighted by Gasteiger charge is 2.28. The molecule has 1 aromatic rings. The summed E-state index contributed by atoms with van der Waals surface area (Å²) in [5, 5.41) is 9.19. The van der Waals surface area contributed by atoms with E-state index in [1.54, 1.807) is 24.4 Å². The van der Waals surface area contributed by atoms with Crippen molar-refractivity contribution >= 4 is 12.2 Å². The van der Waals surface area contributed by atoms with Crippen LogP contribution in [0.15, 0.2) is 29.3 Å². The highest BCUT2D eigenvalue weighted by atomic mass is 16.4. The van der Waals surface area contributed by atoms with Gasteiger partial charge in [-0.3, -0.25) is 4.99 Å². The van der Waals surface area contributed by atoms with Gasteiger partial charge in [-0.2, -0.15) is 0 Å². The van der Waals surface area contributed by atoms with Gasteiger partial charge in [-0.15, -0.1) is 0 Å². The number of carboxylic acids is 1. The largest absolute Gasteiger partial charge is 0.478 e. The van der Waals surface area contributed by atoms with Gasteiger partial charge in [-0.05, 0) is 29.2 Å². The number of hydrogen-bond donors (Lipinski definition) is 1. The third kappa shape index (κ3) is 6.00. The van der Waals surface area contributed by atoms with Gasteiger partial charge in [0.2, 0.25) is 0 Å². The van der Waals surface area contributed by atoms with Crippen LogP contribution in [-0.2, 0) is 0 Å². The summed E-state index contributed by atoms with van der Waals surface area (Å²) in [7, 11) is 0. The fourth-order valence-corrected chi connectivity index (χ4v) is 2.47. The first-order chi connectivity index (χ1) is 10.0. The van der Waals surface area contributed by atoms with Crippen LogP contribution in [0.2, 0.25) is 0 Å². The summed E-state index contributed by atoms with van der Waals surface area (Å²) in [4.78, 5) is 15.8. The van der Waals surface area contributed by atoms with E-state index in [2.05, 4.69) is 46.5 Å². The second-order valence-electron chi connectivity index (χ2n) is 8.21. The van der Waals surface area contributed by atoms with Gasteiger partial charge in [0.1, 0.15) is 0 Å². The lowest BCUT2D eigenvalue weighted by Crippen LogP contribution is -2.28. The van der Waals surface area contributed by atoms with Crippen LogP contribution in [0.3, 0.4) is 0 Å². The Kier molecular flexibility index (Phi) is 5.92. The van der Waals surface area contributed by atoms with Crippen LogP contribution in [-0.4, -0.2) is 23.8 Å². The number of carboxylic acid groups (broad SMARTS) is 1. The lowest BCUT2D eigenvalue weighted by molar-refractivity contribution is 0.0696. The molecule has 3 heteroatoms. The molecule has 1 N–H and O–H groups in total. The lowest BCUT2D eigenvalue weighted by Gasteiger charge is -2.34. The SMILES string of the molecule is CC(C)(C)CC(CN=Cc1ccccc1C(=O)O)C(C)(C)C. The van der Waals surface area contributed by atoms with Crippen molar-refractivity contribution in [2.24, 2.45) is 21.7 Å². The van der Waals surface area contributed by atoms with E-state index in [-0.39, 0.29) is 10.8 Å². The van der Waals surface area contributed by atoms with Crippen molar-refractivity contribution in [1.82, 2.24) is 0 Å². The molecule has 0 aliphatic rings. The monoisotopic (exact) mass is 303 g/mol. The third-order valence-corrected chi connectivity index (χ3v) is 3.83. The molecule has 0 saturated heterocycles. The first kappa shape index (κ1) is 18.4. The van der Waals surface area contributed by atoms with Crippen LogP contribution < -0.4 is 0 Å². The first-order valence-electron chi connectivity index (χ1n) is 7.83. The van der Waals surface area contributed by atoms with Crippen LogP contribution in [0.5, 0.6) is 0 Å². The lowest BCUT2D eigenvalue weighted by atomic mass is 9.72. The van der Waals surface area contributed by atoms with E-state index >= 15 is 0 Å². The van der Waals surface area contributed by atoms with E-state index in [1.807, 2.05) is 6.07 Å². The molecule has 3 nitrogen and oxygen atoms in total. The quantitative estimate of drug-likeness (QED) is 0.786. The predicted octanol–water partition coefficient (Wildman–Crippen LogP) is 4.90. The van der Waals surface area contributed by atoms with Gasteiger partial charge < -0.3 is 5.11 Å². The van der Waals surface area contributed by atoms with Gasteiger partial charge in [0.25, 0.3) is 0 Å². The summed E-state index contributed by atoms with van der Waals surface area (Å²) in [5.74, 6) is -0.454. The zero-order valence-electron chi connectivity index (χ0n) is 14.7. The summed E-state index contributed by atoms with van der Waals surface area (Å²) < 4.78 is 0. The van der Waals surface area contributed by atoms with Gasteiger partial charge in [-0.1, -0.05) is 59.7 Å². The molecule has 0 bridgehead atoms. The van der Waals surface area contributed by atoms with Crippen LogP contribution in [0, 0.1) is 16.7 Å². The maximum Gasteiger partial charge on any atom is 0.336 e. The zero-order chi connectivity index (χ0) is 17.0. The molecule has 22 heavy (non-hydrogen) atoms. The number of rotatable bonds is 5.